The van der Waals surface area contributed by atoms with Gasteiger partial charge in [0, 0.05) is 13.7 Å². The maximum Gasteiger partial charge on any atom is 0.134 e. The molecule has 4 rings (SSSR count). The molecule has 2 aliphatic carbocycles. The van der Waals surface area contributed by atoms with E-state index in [-0.39, 0.29) is 11.5 Å². The maximum atomic E-state index is 15.1. The third-order valence-corrected chi connectivity index (χ3v) is 8.53. The molecular formula is C31H42F2O. The Labute approximate surface area is 205 Å². The number of rotatable bonds is 9. The van der Waals surface area contributed by atoms with Crippen LogP contribution in [0.3, 0.4) is 0 Å². The van der Waals surface area contributed by atoms with Gasteiger partial charge in [-0.3, -0.25) is 0 Å². The Balaban J connectivity index is 1.34. The van der Waals surface area contributed by atoms with Crippen molar-refractivity contribution in [3.05, 3.63) is 59.2 Å². The van der Waals surface area contributed by atoms with Crippen molar-refractivity contribution in [2.75, 3.05) is 13.7 Å². The Kier molecular flexibility index (Phi) is 9.17. The molecule has 2 aliphatic rings. The highest BCUT2D eigenvalue weighted by atomic mass is 19.1. The molecule has 0 N–H and O–H groups in total. The molecule has 0 amide bonds. The van der Waals surface area contributed by atoms with E-state index in [4.69, 9.17) is 4.74 Å². The van der Waals surface area contributed by atoms with Crippen molar-refractivity contribution in [1.82, 2.24) is 0 Å². The molecule has 2 fully saturated rings. The number of hydrogen-bond acceptors (Lipinski definition) is 1. The topological polar surface area (TPSA) is 9.23 Å². The van der Waals surface area contributed by atoms with E-state index in [1.165, 1.54) is 50.5 Å². The summed E-state index contributed by atoms with van der Waals surface area (Å²) in [5.41, 5.74) is 2.82. The van der Waals surface area contributed by atoms with E-state index in [0.29, 0.717) is 11.5 Å². The fraction of sp³-hybridized carbons (Fsp3) is 0.613. The lowest BCUT2D eigenvalue weighted by Gasteiger charge is -2.28. The third kappa shape index (κ3) is 6.47. The van der Waals surface area contributed by atoms with Crippen LogP contribution in [0.5, 0.6) is 0 Å². The van der Waals surface area contributed by atoms with Gasteiger partial charge in [-0.2, -0.15) is 0 Å². The highest BCUT2D eigenvalue weighted by molar-refractivity contribution is 5.65. The second kappa shape index (κ2) is 12.3. The Hall–Kier alpha value is -1.74. The molecule has 2 aromatic carbocycles. The molecule has 34 heavy (non-hydrogen) atoms. The smallest absolute Gasteiger partial charge is 0.134 e. The van der Waals surface area contributed by atoms with Gasteiger partial charge < -0.3 is 4.74 Å². The van der Waals surface area contributed by atoms with Gasteiger partial charge in [-0.15, -0.1) is 0 Å². The van der Waals surface area contributed by atoms with Crippen LogP contribution in [0.1, 0.15) is 94.6 Å². The summed E-state index contributed by atoms with van der Waals surface area (Å²) in [5.74, 6) is 1.72. The van der Waals surface area contributed by atoms with Gasteiger partial charge in [0.2, 0.25) is 0 Å². The number of hydrogen-bond donors (Lipinski definition) is 0. The van der Waals surface area contributed by atoms with Crippen LogP contribution in [-0.2, 0) is 11.2 Å². The zero-order chi connectivity index (χ0) is 23.9. The molecule has 0 aromatic heterocycles. The maximum absolute atomic E-state index is 15.1. The first-order valence-electron chi connectivity index (χ1n) is 13.6. The van der Waals surface area contributed by atoms with Gasteiger partial charge in [-0.1, -0.05) is 69.7 Å². The number of aryl methyl sites for hydroxylation is 1. The van der Waals surface area contributed by atoms with Gasteiger partial charge in [0.1, 0.15) is 11.6 Å². The van der Waals surface area contributed by atoms with Crippen LogP contribution in [0, 0.1) is 29.4 Å². The predicted octanol–water partition coefficient (Wildman–Crippen LogP) is 9.09. The second-order valence-corrected chi connectivity index (χ2v) is 10.9. The van der Waals surface area contributed by atoms with E-state index in [1.54, 1.807) is 19.2 Å². The molecule has 0 spiro atoms. The molecule has 2 aromatic rings. The quantitative estimate of drug-likeness (QED) is 0.356. The first kappa shape index (κ1) is 25.4. The minimum Gasteiger partial charge on any atom is -0.384 e. The SMILES string of the molecule is CCCC1CCC(CCc2ccc(-c3c(F)cc(C4CCC(COC)CC4)cc3F)cc2)CC1. The van der Waals surface area contributed by atoms with Crippen LogP contribution in [-0.4, -0.2) is 13.7 Å². The molecule has 2 saturated carbocycles. The van der Waals surface area contributed by atoms with Gasteiger partial charge in [0.15, 0.2) is 0 Å². The van der Waals surface area contributed by atoms with Crippen LogP contribution < -0.4 is 0 Å². The van der Waals surface area contributed by atoms with Crippen LogP contribution in [0.25, 0.3) is 11.1 Å². The number of ether oxygens (including phenoxy) is 1. The largest absolute Gasteiger partial charge is 0.384 e. The van der Waals surface area contributed by atoms with Crippen molar-refractivity contribution in [1.29, 1.82) is 0 Å². The molecule has 1 nitrogen and oxygen atoms in total. The van der Waals surface area contributed by atoms with E-state index in [0.717, 1.165) is 56.1 Å². The first-order chi connectivity index (χ1) is 16.6. The monoisotopic (exact) mass is 468 g/mol. The first-order valence-corrected chi connectivity index (χ1v) is 13.6. The summed E-state index contributed by atoms with van der Waals surface area (Å²) in [4.78, 5) is 0. The van der Waals surface area contributed by atoms with Gasteiger partial charge in [0.25, 0.3) is 0 Å². The lowest BCUT2D eigenvalue weighted by molar-refractivity contribution is 0.127. The predicted molar refractivity (Wildman–Crippen MR) is 137 cm³/mol. The molecule has 0 bridgehead atoms. The summed E-state index contributed by atoms with van der Waals surface area (Å²) in [6.45, 7) is 3.07. The van der Waals surface area contributed by atoms with Crippen LogP contribution in [0.2, 0.25) is 0 Å². The summed E-state index contributed by atoms with van der Waals surface area (Å²) in [7, 11) is 1.74. The Morgan fingerprint density at radius 3 is 1.88 bits per heavy atom. The zero-order valence-electron chi connectivity index (χ0n) is 21.1. The lowest BCUT2D eigenvalue weighted by atomic mass is 9.78. The zero-order valence-corrected chi connectivity index (χ0v) is 21.1. The number of benzene rings is 2. The molecule has 186 valence electrons. The van der Waals surface area contributed by atoms with E-state index < -0.39 is 11.6 Å². The third-order valence-electron chi connectivity index (χ3n) is 8.53. The minimum atomic E-state index is -0.439. The number of methoxy groups -OCH3 is 1. The molecule has 0 heterocycles. The van der Waals surface area contributed by atoms with Gasteiger partial charge in [0.05, 0.1) is 5.56 Å². The fourth-order valence-electron chi connectivity index (χ4n) is 6.43. The van der Waals surface area contributed by atoms with Gasteiger partial charge in [-0.25, -0.2) is 8.78 Å². The lowest BCUT2D eigenvalue weighted by Crippen LogP contribution is -2.17. The van der Waals surface area contributed by atoms with Crippen molar-refractivity contribution < 1.29 is 13.5 Å². The van der Waals surface area contributed by atoms with E-state index in [9.17, 15) is 0 Å². The molecule has 0 saturated heterocycles. The summed E-state index contributed by atoms with van der Waals surface area (Å²) >= 11 is 0. The Bertz CT molecular complexity index is 867. The molecule has 0 unspecified atom stereocenters. The van der Waals surface area contributed by atoms with Crippen molar-refractivity contribution in [3.8, 4) is 11.1 Å². The van der Waals surface area contributed by atoms with Crippen molar-refractivity contribution >= 4 is 0 Å². The van der Waals surface area contributed by atoms with E-state index >= 15 is 8.78 Å². The van der Waals surface area contributed by atoms with E-state index in [2.05, 4.69) is 19.1 Å². The summed E-state index contributed by atoms with van der Waals surface area (Å²) < 4.78 is 35.4. The normalized spacial score (nSPS) is 25.4. The van der Waals surface area contributed by atoms with Crippen molar-refractivity contribution in [2.24, 2.45) is 17.8 Å². The average molecular weight is 469 g/mol. The summed E-state index contributed by atoms with van der Waals surface area (Å²) in [6, 6.07) is 11.0. The highest BCUT2D eigenvalue weighted by Gasteiger charge is 2.25. The average Bonchev–Trinajstić information content (AvgIpc) is 2.85. The fourth-order valence-corrected chi connectivity index (χ4v) is 6.43. The molecular weight excluding hydrogens is 426 g/mol. The van der Waals surface area contributed by atoms with Gasteiger partial charge in [-0.05, 0) is 91.0 Å². The summed E-state index contributed by atoms with van der Waals surface area (Å²) in [6.07, 6.45) is 14.5. The van der Waals surface area contributed by atoms with E-state index in [1.807, 2.05) is 12.1 Å². The molecule has 3 heteroatoms. The van der Waals surface area contributed by atoms with Crippen LogP contribution >= 0.6 is 0 Å². The van der Waals surface area contributed by atoms with Gasteiger partial charge >= 0.3 is 0 Å². The molecule has 0 radical (unpaired) electrons. The second-order valence-electron chi connectivity index (χ2n) is 10.9. The molecule has 0 atom stereocenters. The molecule has 0 aliphatic heterocycles. The van der Waals surface area contributed by atoms with Crippen LogP contribution in [0.4, 0.5) is 8.78 Å². The Morgan fingerprint density at radius 2 is 1.32 bits per heavy atom. The minimum absolute atomic E-state index is 0.109. The standard InChI is InChI=1S/C31H42F2O/c1-3-4-22-5-7-23(8-6-22)9-10-24-11-17-27(18-12-24)31-29(32)19-28(20-30(31)33)26-15-13-25(14-16-26)21-34-2/h11-12,17-20,22-23,25-26H,3-10,13-16,21H2,1-2H3. The Morgan fingerprint density at radius 1 is 0.765 bits per heavy atom. The summed E-state index contributed by atoms with van der Waals surface area (Å²) in [5, 5.41) is 0. The van der Waals surface area contributed by atoms with Crippen LogP contribution in [0.15, 0.2) is 36.4 Å². The van der Waals surface area contributed by atoms with Crippen molar-refractivity contribution in [3.63, 3.8) is 0 Å². The van der Waals surface area contributed by atoms with Crippen molar-refractivity contribution in [2.45, 2.75) is 89.9 Å². The number of halogens is 2. The highest BCUT2D eigenvalue weighted by Crippen LogP contribution is 2.38.